The van der Waals surface area contributed by atoms with Gasteiger partial charge < -0.3 is 15.2 Å². The second-order valence-electron chi connectivity index (χ2n) is 3.78. The zero-order chi connectivity index (χ0) is 11.4. The second kappa shape index (κ2) is 5.57. The highest BCUT2D eigenvalue weighted by Gasteiger charge is 2.22. The molecule has 1 aliphatic rings. The van der Waals surface area contributed by atoms with E-state index in [1.54, 1.807) is 7.11 Å². The van der Waals surface area contributed by atoms with Crippen molar-refractivity contribution < 1.29 is 9.47 Å². The van der Waals surface area contributed by atoms with E-state index in [4.69, 9.17) is 15.2 Å². The molecule has 0 radical (unpaired) electrons. The van der Waals surface area contributed by atoms with Crippen LogP contribution in [0, 0.1) is 0 Å². The first-order chi connectivity index (χ1) is 7.81. The van der Waals surface area contributed by atoms with Crippen LogP contribution in [0.3, 0.4) is 0 Å². The van der Waals surface area contributed by atoms with Crippen LogP contribution < -0.4 is 10.5 Å². The summed E-state index contributed by atoms with van der Waals surface area (Å²) in [5.74, 6) is 2.91. The Bertz CT molecular complexity index is 322. The van der Waals surface area contributed by atoms with Gasteiger partial charge in [0.25, 0.3) is 0 Å². The van der Waals surface area contributed by atoms with Gasteiger partial charge in [0.1, 0.15) is 5.75 Å². The number of ether oxygens (including phenoxy) is 2. The largest absolute Gasteiger partial charge is 0.497 e. The van der Waals surface area contributed by atoms with Gasteiger partial charge in [0.15, 0.2) is 0 Å². The maximum Gasteiger partial charge on any atom is 0.118 e. The summed E-state index contributed by atoms with van der Waals surface area (Å²) in [6, 6.07) is 7.84. The molecule has 4 heteroatoms. The zero-order valence-electron chi connectivity index (χ0n) is 9.39. The minimum absolute atomic E-state index is 0.0429. The average molecular weight is 239 g/mol. The number of nitrogens with two attached hydrogens (primary N) is 1. The standard InChI is InChI=1S/C12H17NO2S/c1-14-10-4-2-9(3-5-10)12(13)11-8-16-7-6-15-11/h2-5,11-12H,6-8,13H2,1H3. The van der Waals surface area contributed by atoms with E-state index in [9.17, 15) is 0 Å². The molecule has 0 saturated carbocycles. The van der Waals surface area contributed by atoms with E-state index in [1.807, 2.05) is 36.0 Å². The summed E-state index contributed by atoms with van der Waals surface area (Å²) < 4.78 is 10.8. The lowest BCUT2D eigenvalue weighted by molar-refractivity contribution is 0.0569. The molecule has 2 atom stereocenters. The highest BCUT2D eigenvalue weighted by atomic mass is 32.2. The molecule has 88 valence electrons. The monoisotopic (exact) mass is 239 g/mol. The number of benzene rings is 1. The van der Waals surface area contributed by atoms with Gasteiger partial charge in [-0.15, -0.1) is 0 Å². The van der Waals surface area contributed by atoms with Crippen molar-refractivity contribution in [1.82, 2.24) is 0 Å². The Kier molecular flexibility index (Phi) is 4.09. The van der Waals surface area contributed by atoms with Gasteiger partial charge in [0.2, 0.25) is 0 Å². The highest BCUT2D eigenvalue weighted by molar-refractivity contribution is 7.99. The average Bonchev–Trinajstić information content (AvgIpc) is 2.39. The molecule has 1 aliphatic heterocycles. The predicted molar refractivity (Wildman–Crippen MR) is 67.0 cm³/mol. The van der Waals surface area contributed by atoms with E-state index in [1.165, 1.54) is 0 Å². The molecule has 1 heterocycles. The lowest BCUT2D eigenvalue weighted by Crippen LogP contribution is -2.34. The fourth-order valence-electron chi connectivity index (χ4n) is 1.75. The van der Waals surface area contributed by atoms with Crippen molar-refractivity contribution in [2.24, 2.45) is 5.73 Å². The molecule has 1 saturated heterocycles. The third-order valence-corrected chi connectivity index (χ3v) is 3.76. The van der Waals surface area contributed by atoms with E-state index in [2.05, 4.69) is 0 Å². The van der Waals surface area contributed by atoms with E-state index in [-0.39, 0.29) is 12.1 Å². The van der Waals surface area contributed by atoms with Crippen molar-refractivity contribution in [3.63, 3.8) is 0 Å². The van der Waals surface area contributed by atoms with Crippen LogP contribution in [0.4, 0.5) is 0 Å². The second-order valence-corrected chi connectivity index (χ2v) is 4.93. The molecule has 1 aromatic rings. The first kappa shape index (κ1) is 11.8. The third kappa shape index (κ3) is 2.70. The van der Waals surface area contributed by atoms with E-state index in [0.717, 1.165) is 29.4 Å². The van der Waals surface area contributed by atoms with Gasteiger partial charge in [-0.3, -0.25) is 0 Å². The van der Waals surface area contributed by atoms with Crippen LogP contribution in [-0.2, 0) is 4.74 Å². The van der Waals surface area contributed by atoms with Crippen LogP contribution >= 0.6 is 11.8 Å². The minimum Gasteiger partial charge on any atom is -0.497 e. The fourth-order valence-corrected chi connectivity index (χ4v) is 2.67. The molecule has 3 nitrogen and oxygen atoms in total. The van der Waals surface area contributed by atoms with E-state index < -0.39 is 0 Å². The van der Waals surface area contributed by atoms with E-state index in [0.29, 0.717) is 0 Å². The lowest BCUT2D eigenvalue weighted by Gasteiger charge is -2.27. The van der Waals surface area contributed by atoms with Crippen LogP contribution in [0.15, 0.2) is 24.3 Å². The van der Waals surface area contributed by atoms with Gasteiger partial charge in [-0.05, 0) is 17.7 Å². The Balaban J connectivity index is 2.04. The number of rotatable bonds is 3. The minimum atomic E-state index is -0.0429. The Morgan fingerprint density at radius 3 is 2.75 bits per heavy atom. The van der Waals surface area contributed by atoms with Crippen LogP contribution in [-0.4, -0.2) is 31.3 Å². The molecule has 0 bridgehead atoms. The smallest absolute Gasteiger partial charge is 0.118 e. The molecule has 1 fully saturated rings. The number of hydrogen-bond donors (Lipinski definition) is 1. The first-order valence-electron chi connectivity index (χ1n) is 5.40. The molecular formula is C12H17NO2S. The Hall–Kier alpha value is -0.710. The molecule has 2 unspecified atom stereocenters. The van der Waals surface area contributed by atoms with Crippen molar-refractivity contribution in [2.45, 2.75) is 12.1 Å². The van der Waals surface area contributed by atoms with Crippen molar-refractivity contribution in [3.8, 4) is 5.75 Å². The zero-order valence-corrected chi connectivity index (χ0v) is 10.2. The Labute approximate surface area is 100 Å². The quantitative estimate of drug-likeness (QED) is 0.874. The van der Waals surface area contributed by atoms with Crippen LogP contribution in [0.1, 0.15) is 11.6 Å². The Morgan fingerprint density at radius 2 is 2.19 bits per heavy atom. The number of thioether (sulfide) groups is 1. The summed E-state index contributed by atoms with van der Waals surface area (Å²) in [6.45, 7) is 0.805. The van der Waals surface area contributed by atoms with Gasteiger partial charge in [-0.25, -0.2) is 0 Å². The number of hydrogen-bond acceptors (Lipinski definition) is 4. The third-order valence-electron chi connectivity index (χ3n) is 2.74. The molecule has 0 aromatic heterocycles. The predicted octanol–water partition coefficient (Wildman–Crippen LogP) is 1.83. The molecule has 1 aromatic carbocycles. The van der Waals surface area contributed by atoms with Gasteiger partial charge in [0.05, 0.1) is 25.9 Å². The summed E-state index contributed by atoms with van der Waals surface area (Å²) >= 11 is 1.90. The maximum absolute atomic E-state index is 6.18. The summed E-state index contributed by atoms with van der Waals surface area (Å²) in [5.41, 5.74) is 7.29. The van der Waals surface area contributed by atoms with Crippen LogP contribution in [0.5, 0.6) is 5.75 Å². The number of methoxy groups -OCH3 is 1. The van der Waals surface area contributed by atoms with Gasteiger partial charge in [-0.2, -0.15) is 11.8 Å². The molecule has 2 N–H and O–H groups in total. The van der Waals surface area contributed by atoms with Crippen molar-refractivity contribution in [3.05, 3.63) is 29.8 Å². The molecule has 0 amide bonds. The summed E-state index contributed by atoms with van der Waals surface area (Å²) in [5, 5.41) is 0. The normalized spacial score (nSPS) is 22.8. The summed E-state index contributed by atoms with van der Waals surface area (Å²) in [6.07, 6.45) is 0.132. The van der Waals surface area contributed by atoms with Crippen molar-refractivity contribution >= 4 is 11.8 Å². The van der Waals surface area contributed by atoms with Crippen LogP contribution in [0.2, 0.25) is 0 Å². The molecular weight excluding hydrogens is 222 g/mol. The molecule has 0 spiro atoms. The molecule has 2 rings (SSSR count). The van der Waals surface area contributed by atoms with Gasteiger partial charge in [0, 0.05) is 11.5 Å². The van der Waals surface area contributed by atoms with Gasteiger partial charge >= 0.3 is 0 Å². The summed E-state index contributed by atoms with van der Waals surface area (Å²) in [7, 11) is 1.66. The topological polar surface area (TPSA) is 44.5 Å². The Morgan fingerprint density at radius 1 is 1.44 bits per heavy atom. The first-order valence-corrected chi connectivity index (χ1v) is 6.55. The van der Waals surface area contributed by atoms with Crippen molar-refractivity contribution in [2.75, 3.05) is 25.2 Å². The lowest BCUT2D eigenvalue weighted by atomic mass is 10.0. The fraction of sp³-hybridized carbons (Fsp3) is 0.500. The molecule has 0 aliphatic carbocycles. The van der Waals surface area contributed by atoms with E-state index >= 15 is 0 Å². The highest BCUT2D eigenvalue weighted by Crippen LogP contribution is 2.24. The maximum atomic E-state index is 6.18. The van der Waals surface area contributed by atoms with Gasteiger partial charge in [-0.1, -0.05) is 12.1 Å². The summed E-state index contributed by atoms with van der Waals surface area (Å²) in [4.78, 5) is 0. The van der Waals surface area contributed by atoms with Crippen molar-refractivity contribution in [1.29, 1.82) is 0 Å². The SMILES string of the molecule is COc1ccc(C(N)C2CSCCO2)cc1. The van der Waals surface area contributed by atoms with Crippen LogP contribution in [0.25, 0.3) is 0 Å². The molecule has 16 heavy (non-hydrogen) atoms.